The van der Waals surface area contributed by atoms with Crippen molar-refractivity contribution in [3.63, 3.8) is 0 Å². The summed E-state index contributed by atoms with van der Waals surface area (Å²) >= 11 is 6.13. The van der Waals surface area contributed by atoms with Crippen LogP contribution in [0.25, 0.3) is 0 Å². The van der Waals surface area contributed by atoms with Gasteiger partial charge in [0, 0.05) is 22.3 Å². The van der Waals surface area contributed by atoms with Crippen molar-refractivity contribution in [1.29, 1.82) is 0 Å². The van der Waals surface area contributed by atoms with E-state index in [1.54, 1.807) is 18.2 Å². The summed E-state index contributed by atoms with van der Waals surface area (Å²) in [6.45, 7) is 6.14. The molecule has 1 spiro atoms. The third-order valence-electron chi connectivity index (χ3n) is 6.26. The third-order valence-corrected chi connectivity index (χ3v) is 6.50. The number of amides is 2. The molecular formula is C23H26ClN3O3. The van der Waals surface area contributed by atoms with Crippen LogP contribution in [0.1, 0.15) is 31.4 Å². The molecule has 4 rings (SSSR count). The van der Waals surface area contributed by atoms with Crippen LogP contribution in [-0.4, -0.2) is 25.0 Å². The Morgan fingerprint density at radius 1 is 1.30 bits per heavy atom. The lowest BCUT2D eigenvalue weighted by Gasteiger charge is -2.30. The summed E-state index contributed by atoms with van der Waals surface area (Å²) in [4.78, 5) is 26.9. The molecule has 2 aliphatic heterocycles. The first-order valence-corrected chi connectivity index (χ1v) is 10.5. The fraction of sp³-hybridized carbons (Fsp3) is 0.391. The number of nitrogens with one attached hydrogen (secondary N) is 3. The summed E-state index contributed by atoms with van der Waals surface area (Å²) in [5.74, 6) is -0.233. The molecule has 30 heavy (non-hydrogen) atoms. The zero-order chi connectivity index (χ0) is 21.6. The van der Waals surface area contributed by atoms with E-state index in [0.717, 1.165) is 16.8 Å². The SMILES string of the molecule is COc1ccc(Cl)cc1NC(=O)[C@H]1C[C@H](C(C)C)N[C@]12C(=O)Nc1c(C)cccc12. The van der Waals surface area contributed by atoms with Gasteiger partial charge in [-0.1, -0.05) is 43.6 Å². The maximum absolute atomic E-state index is 13.5. The normalized spacial score (nSPS) is 24.8. The van der Waals surface area contributed by atoms with E-state index in [1.807, 2.05) is 25.1 Å². The largest absolute Gasteiger partial charge is 0.495 e. The van der Waals surface area contributed by atoms with Crippen molar-refractivity contribution in [3.8, 4) is 5.75 Å². The quantitative estimate of drug-likeness (QED) is 0.687. The summed E-state index contributed by atoms with van der Waals surface area (Å²) in [6.07, 6.45) is 0.549. The van der Waals surface area contributed by atoms with Gasteiger partial charge in [-0.3, -0.25) is 14.9 Å². The monoisotopic (exact) mass is 427 g/mol. The Kier molecular flexibility index (Phi) is 5.24. The summed E-state index contributed by atoms with van der Waals surface area (Å²) in [6, 6.07) is 10.9. The number of fused-ring (bicyclic) bond motifs is 2. The van der Waals surface area contributed by atoms with Crippen molar-refractivity contribution in [2.75, 3.05) is 17.7 Å². The highest BCUT2D eigenvalue weighted by atomic mass is 35.5. The maximum atomic E-state index is 13.5. The van der Waals surface area contributed by atoms with Crippen molar-refractivity contribution in [3.05, 3.63) is 52.5 Å². The molecule has 2 amide bonds. The number of para-hydroxylation sites is 1. The second-order valence-corrected chi connectivity index (χ2v) is 8.81. The number of carbonyl (C=O) groups excluding carboxylic acids is 2. The summed E-state index contributed by atoms with van der Waals surface area (Å²) in [7, 11) is 1.54. The van der Waals surface area contributed by atoms with Crippen molar-refractivity contribution in [2.45, 2.75) is 38.8 Å². The first kappa shape index (κ1) is 20.7. The van der Waals surface area contributed by atoms with Crippen molar-refractivity contribution >= 4 is 34.8 Å². The lowest BCUT2D eigenvalue weighted by atomic mass is 9.79. The highest BCUT2D eigenvalue weighted by Crippen LogP contribution is 2.49. The van der Waals surface area contributed by atoms with Gasteiger partial charge in [-0.05, 0) is 43.0 Å². The van der Waals surface area contributed by atoms with Crippen LogP contribution >= 0.6 is 11.6 Å². The van der Waals surface area contributed by atoms with Crippen molar-refractivity contribution < 1.29 is 14.3 Å². The first-order chi connectivity index (χ1) is 14.3. The average molecular weight is 428 g/mol. The molecule has 0 radical (unpaired) electrons. The fourth-order valence-corrected chi connectivity index (χ4v) is 4.78. The average Bonchev–Trinajstić information content (AvgIpc) is 3.24. The Morgan fingerprint density at radius 3 is 2.77 bits per heavy atom. The van der Waals surface area contributed by atoms with Crippen LogP contribution in [0.4, 0.5) is 11.4 Å². The molecule has 2 aromatic carbocycles. The van der Waals surface area contributed by atoms with E-state index in [4.69, 9.17) is 16.3 Å². The standard InChI is InChI=1S/C23H26ClN3O3/c1-12(2)17-11-16(21(28)25-18-10-14(24)8-9-19(18)30-4)23(27-17)15-7-5-6-13(3)20(15)26-22(23)29/h5-10,12,16-17,27H,11H2,1-4H3,(H,25,28)(H,26,29)/t16-,17-,23+/m1/s1. The Balaban J connectivity index is 1.76. The molecule has 2 aliphatic rings. The predicted octanol–water partition coefficient (Wildman–Crippen LogP) is 4.08. The summed E-state index contributed by atoms with van der Waals surface area (Å²) in [5, 5.41) is 9.98. The maximum Gasteiger partial charge on any atom is 0.250 e. The number of anilines is 2. The number of methoxy groups -OCH3 is 1. The van der Waals surface area contributed by atoms with Gasteiger partial charge in [0.25, 0.3) is 0 Å². The van der Waals surface area contributed by atoms with E-state index < -0.39 is 11.5 Å². The highest BCUT2D eigenvalue weighted by Gasteiger charge is 2.60. The molecule has 0 bridgehead atoms. The molecular weight excluding hydrogens is 402 g/mol. The Labute approximate surface area is 181 Å². The van der Waals surface area contributed by atoms with E-state index in [9.17, 15) is 9.59 Å². The number of ether oxygens (including phenoxy) is 1. The molecule has 3 atom stereocenters. The smallest absolute Gasteiger partial charge is 0.250 e. The van der Waals surface area contributed by atoms with Gasteiger partial charge in [0.2, 0.25) is 11.8 Å². The lowest BCUT2D eigenvalue weighted by Crippen LogP contribution is -2.52. The van der Waals surface area contributed by atoms with Gasteiger partial charge in [0.05, 0.1) is 18.7 Å². The molecule has 2 heterocycles. The fourth-order valence-electron chi connectivity index (χ4n) is 4.61. The van der Waals surface area contributed by atoms with Crippen LogP contribution in [0, 0.1) is 18.8 Å². The zero-order valence-corrected chi connectivity index (χ0v) is 18.3. The molecule has 0 unspecified atom stereocenters. The number of aryl methyl sites for hydroxylation is 1. The van der Waals surface area contributed by atoms with Crippen LogP contribution in [0.2, 0.25) is 5.02 Å². The number of rotatable bonds is 4. The summed E-state index contributed by atoms with van der Waals surface area (Å²) < 4.78 is 5.37. The van der Waals surface area contributed by atoms with E-state index in [0.29, 0.717) is 22.9 Å². The van der Waals surface area contributed by atoms with E-state index in [2.05, 4.69) is 29.8 Å². The Morgan fingerprint density at radius 2 is 2.07 bits per heavy atom. The molecule has 158 valence electrons. The first-order valence-electron chi connectivity index (χ1n) is 10.1. The third kappa shape index (κ3) is 3.15. The highest BCUT2D eigenvalue weighted by molar-refractivity contribution is 6.31. The molecule has 0 saturated carbocycles. The second kappa shape index (κ2) is 7.60. The molecule has 0 aromatic heterocycles. The van der Waals surface area contributed by atoms with Crippen LogP contribution in [0.15, 0.2) is 36.4 Å². The lowest BCUT2D eigenvalue weighted by molar-refractivity contribution is -0.130. The molecule has 0 aliphatic carbocycles. The minimum atomic E-state index is -1.10. The minimum absolute atomic E-state index is 0.0271. The van der Waals surface area contributed by atoms with Crippen molar-refractivity contribution in [1.82, 2.24) is 5.32 Å². The van der Waals surface area contributed by atoms with Gasteiger partial charge in [-0.15, -0.1) is 0 Å². The van der Waals surface area contributed by atoms with Crippen LogP contribution in [0.3, 0.4) is 0 Å². The van der Waals surface area contributed by atoms with Gasteiger partial charge in [-0.2, -0.15) is 0 Å². The van der Waals surface area contributed by atoms with E-state index in [1.165, 1.54) is 7.11 Å². The molecule has 1 fully saturated rings. The predicted molar refractivity (Wildman–Crippen MR) is 118 cm³/mol. The number of benzene rings is 2. The van der Waals surface area contributed by atoms with Crippen LogP contribution < -0.4 is 20.7 Å². The summed E-state index contributed by atoms with van der Waals surface area (Å²) in [5.41, 5.74) is 1.97. The second-order valence-electron chi connectivity index (χ2n) is 8.38. The molecule has 6 nitrogen and oxygen atoms in total. The van der Waals surface area contributed by atoms with Gasteiger partial charge in [-0.25, -0.2) is 0 Å². The topological polar surface area (TPSA) is 79.5 Å². The van der Waals surface area contributed by atoms with E-state index in [-0.39, 0.29) is 23.8 Å². The van der Waals surface area contributed by atoms with Crippen LogP contribution in [0.5, 0.6) is 5.75 Å². The van der Waals surface area contributed by atoms with Crippen LogP contribution in [-0.2, 0) is 15.1 Å². The zero-order valence-electron chi connectivity index (χ0n) is 17.5. The number of hydrogen-bond donors (Lipinski definition) is 3. The van der Waals surface area contributed by atoms with E-state index >= 15 is 0 Å². The number of halogens is 1. The molecule has 1 saturated heterocycles. The van der Waals surface area contributed by atoms with Gasteiger partial charge in [0.1, 0.15) is 11.3 Å². The van der Waals surface area contributed by atoms with Crippen molar-refractivity contribution in [2.24, 2.45) is 11.8 Å². The van der Waals surface area contributed by atoms with Gasteiger partial charge < -0.3 is 15.4 Å². The molecule has 7 heteroatoms. The Bertz CT molecular complexity index is 1020. The molecule has 3 N–H and O–H groups in total. The minimum Gasteiger partial charge on any atom is -0.495 e. The Hall–Kier alpha value is -2.57. The molecule has 2 aromatic rings. The van der Waals surface area contributed by atoms with Gasteiger partial charge >= 0.3 is 0 Å². The number of carbonyl (C=O) groups is 2. The number of hydrogen-bond acceptors (Lipinski definition) is 4. The van der Waals surface area contributed by atoms with Gasteiger partial charge in [0.15, 0.2) is 0 Å².